The van der Waals surface area contributed by atoms with Crippen LogP contribution in [0.1, 0.15) is 22.8 Å². The van der Waals surface area contributed by atoms with Crippen molar-refractivity contribution in [1.29, 1.82) is 0 Å². The summed E-state index contributed by atoms with van der Waals surface area (Å²) >= 11 is 1.60. The van der Waals surface area contributed by atoms with Crippen LogP contribution < -0.4 is 0 Å². The lowest BCUT2D eigenvalue weighted by molar-refractivity contribution is 0.101. The zero-order chi connectivity index (χ0) is 10.8. The fraction of sp³-hybridized carbons (Fsp3) is 0.167. The topological polar surface area (TPSA) is 30.0 Å². The maximum atomic E-state index is 11.3. The van der Waals surface area contributed by atoms with E-state index in [0.29, 0.717) is 0 Å². The summed E-state index contributed by atoms with van der Waals surface area (Å²) in [5.41, 5.74) is 2.87. The number of aryl methyl sites for hydroxylation is 1. The summed E-state index contributed by atoms with van der Waals surface area (Å²) in [6.07, 6.45) is 1.79. The van der Waals surface area contributed by atoms with Crippen LogP contribution in [-0.2, 0) is 0 Å². The highest BCUT2D eigenvalue weighted by molar-refractivity contribution is 7.13. The monoisotopic (exact) mass is 217 g/mol. The van der Waals surface area contributed by atoms with Crippen molar-refractivity contribution in [2.24, 2.45) is 0 Å². The van der Waals surface area contributed by atoms with E-state index >= 15 is 0 Å². The molecule has 0 aliphatic heterocycles. The van der Waals surface area contributed by atoms with E-state index in [0.717, 1.165) is 21.7 Å². The van der Waals surface area contributed by atoms with Crippen molar-refractivity contribution in [3.63, 3.8) is 0 Å². The minimum atomic E-state index is 0.109. The molecular formula is C12H11NOS. The van der Waals surface area contributed by atoms with E-state index in [1.54, 1.807) is 24.5 Å². The van der Waals surface area contributed by atoms with Gasteiger partial charge in [-0.3, -0.25) is 4.79 Å². The van der Waals surface area contributed by atoms with Crippen molar-refractivity contribution in [3.8, 4) is 10.6 Å². The zero-order valence-corrected chi connectivity index (χ0v) is 9.47. The molecule has 3 heteroatoms. The Labute approximate surface area is 92.6 Å². The molecule has 2 rings (SSSR count). The summed E-state index contributed by atoms with van der Waals surface area (Å²) in [5.74, 6) is 0.109. The average molecular weight is 217 g/mol. The second-order valence-electron chi connectivity index (χ2n) is 3.42. The van der Waals surface area contributed by atoms with Crippen LogP contribution in [0.2, 0.25) is 0 Å². The average Bonchev–Trinajstić information content (AvgIpc) is 2.69. The quantitative estimate of drug-likeness (QED) is 0.722. The molecule has 0 unspecified atom stereocenters. The molecular weight excluding hydrogens is 206 g/mol. The summed E-state index contributed by atoms with van der Waals surface area (Å²) in [5, 5.41) is 2.94. The first-order valence-electron chi connectivity index (χ1n) is 4.70. The molecule has 0 saturated heterocycles. The number of benzene rings is 1. The van der Waals surface area contributed by atoms with Gasteiger partial charge >= 0.3 is 0 Å². The highest BCUT2D eigenvalue weighted by Gasteiger charge is 2.06. The SMILES string of the molecule is CC(=O)c1ccc(-c2nccs2)cc1C. The van der Waals surface area contributed by atoms with Crippen molar-refractivity contribution in [3.05, 3.63) is 40.9 Å². The summed E-state index contributed by atoms with van der Waals surface area (Å²) in [6.45, 7) is 3.54. The molecule has 76 valence electrons. The number of carbonyl (C=O) groups excluding carboxylic acids is 1. The molecule has 2 aromatic rings. The molecule has 0 saturated carbocycles. The Bertz CT molecular complexity index is 488. The first kappa shape index (κ1) is 10.1. The molecule has 0 fully saturated rings. The highest BCUT2D eigenvalue weighted by atomic mass is 32.1. The first-order chi connectivity index (χ1) is 7.18. The summed E-state index contributed by atoms with van der Waals surface area (Å²) in [6, 6.07) is 5.83. The van der Waals surface area contributed by atoms with Gasteiger partial charge in [-0.05, 0) is 25.5 Å². The molecule has 1 aromatic carbocycles. The molecule has 1 aromatic heterocycles. The van der Waals surface area contributed by atoms with Crippen LogP contribution >= 0.6 is 11.3 Å². The number of ketones is 1. The third-order valence-electron chi connectivity index (χ3n) is 2.28. The third-order valence-corrected chi connectivity index (χ3v) is 3.11. The minimum Gasteiger partial charge on any atom is -0.295 e. The van der Waals surface area contributed by atoms with Crippen LogP contribution in [0.15, 0.2) is 29.8 Å². The van der Waals surface area contributed by atoms with Gasteiger partial charge in [0, 0.05) is 22.7 Å². The lowest BCUT2D eigenvalue weighted by Crippen LogP contribution is -1.95. The molecule has 2 nitrogen and oxygen atoms in total. The van der Waals surface area contributed by atoms with E-state index in [1.807, 2.05) is 30.5 Å². The largest absolute Gasteiger partial charge is 0.295 e. The number of nitrogens with zero attached hydrogens (tertiary/aromatic N) is 1. The lowest BCUT2D eigenvalue weighted by atomic mass is 10.0. The molecule has 1 heterocycles. The van der Waals surface area contributed by atoms with Gasteiger partial charge in [0.1, 0.15) is 5.01 Å². The van der Waals surface area contributed by atoms with Gasteiger partial charge in [0.2, 0.25) is 0 Å². The molecule has 0 N–H and O–H groups in total. The van der Waals surface area contributed by atoms with Crippen molar-refractivity contribution in [1.82, 2.24) is 4.98 Å². The minimum absolute atomic E-state index is 0.109. The van der Waals surface area contributed by atoms with Crippen molar-refractivity contribution in [2.75, 3.05) is 0 Å². The van der Waals surface area contributed by atoms with Gasteiger partial charge in [-0.2, -0.15) is 0 Å². The Morgan fingerprint density at radius 2 is 2.20 bits per heavy atom. The Kier molecular flexibility index (Phi) is 2.64. The molecule has 0 aliphatic rings. The fourth-order valence-corrected chi connectivity index (χ4v) is 2.19. The Hall–Kier alpha value is -1.48. The van der Waals surface area contributed by atoms with Gasteiger partial charge in [-0.15, -0.1) is 11.3 Å². The molecule has 0 spiro atoms. The van der Waals surface area contributed by atoms with Gasteiger partial charge in [-0.1, -0.05) is 12.1 Å². The Morgan fingerprint density at radius 3 is 2.73 bits per heavy atom. The van der Waals surface area contributed by atoms with Crippen molar-refractivity contribution in [2.45, 2.75) is 13.8 Å². The number of aromatic nitrogens is 1. The van der Waals surface area contributed by atoms with Gasteiger partial charge in [0.15, 0.2) is 5.78 Å². The van der Waals surface area contributed by atoms with Gasteiger partial charge in [0.05, 0.1) is 0 Å². The highest BCUT2D eigenvalue weighted by Crippen LogP contribution is 2.24. The van der Waals surface area contributed by atoms with Crippen LogP contribution in [0.25, 0.3) is 10.6 Å². The normalized spacial score (nSPS) is 10.3. The maximum Gasteiger partial charge on any atom is 0.160 e. The summed E-state index contributed by atoms with van der Waals surface area (Å²) < 4.78 is 0. The fourth-order valence-electron chi connectivity index (χ4n) is 1.56. The number of rotatable bonds is 2. The van der Waals surface area contributed by atoms with Gasteiger partial charge < -0.3 is 0 Å². The summed E-state index contributed by atoms with van der Waals surface area (Å²) in [7, 11) is 0. The summed E-state index contributed by atoms with van der Waals surface area (Å²) in [4.78, 5) is 15.5. The van der Waals surface area contributed by atoms with E-state index in [4.69, 9.17) is 0 Å². The van der Waals surface area contributed by atoms with Crippen LogP contribution in [0.5, 0.6) is 0 Å². The number of hydrogen-bond donors (Lipinski definition) is 0. The third kappa shape index (κ3) is 1.97. The second-order valence-corrected chi connectivity index (χ2v) is 4.32. The predicted molar refractivity (Wildman–Crippen MR) is 62.3 cm³/mol. The lowest BCUT2D eigenvalue weighted by Gasteiger charge is -2.03. The second kappa shape index (κ2) is 3.95. The van der Waals surface area contributed by atoms with Gasteiger partial charge in [0.25, 0.3) is 0 Å². The van der Waals surface area contributed by atoms with Crippen LogP contribution in [0.3, 0.4) is 0 Å². The Morgan fingerprint density at radius 1 is 1.40 bits per heavy atom. The van der Waals surface area contributed by atoms with E-state index in [9.17, 15) is 4.79 Å². The first-order valence-corrected chi connectivity index (χ1v) is 5.58. The smallest absolute Gasteiger partial charge is 0.160 e. The molecule has 0 aliphatic carbocycles. The van der Waals surface area contributed by atoms with Crippen LogP contribution in [0.4, 0.5) is 0 Å². The van der Waals surface area contributed by atoms with E-state index in [-0.39, 0.29) is 5.78 Å². The van der Waals surface area contributed by atoms with Gasteiger partial charge in [-0.25, -0.2) is 4.98 Å². The van der Waals surface area contributed by atoms with Crippen LogP contribution in [0, 0.1) is 6.92 Å². The Balaban J connectivity index is 2.47. The predicted octanol–water partition coefficient (Wildman–Crippen LogP) is 3.32. The molecule has 0 atom stereocenters. The van der Waals surface area contributed by atoms with E-state index < -0.39 is 0 Å². The number of thiazole rings is 1. The molecule has 0 bridgehead atoms. The molecule has 15 heavy (non-hydrogen) atoms. The number of carbonyl (C=O) groups is 1. The van der Waals surface area contributed by atoms with Crippen molar-refractivity contribution < 1.29 is 4.79 Å². The maximum absolute atomic E-state index is 11.3. The van der Waals surface area contributed by atoms with E-state index in [1.165, 1.54) is 0 Å². The van der Waals surface area contributed by atoms with E-state index in [2.05, 4.69) is 4.98 Å². The standard InChI is InChI=1S/C12H11NOS/c1-8-7-10(12-13-5-6-15-12)3-4-11(8)9(2)14/h3-7H,1-2H3. The number of hydrogen-bond acceptors (Lipinski definition) is 3. The molecule has 0 radical (unpaired) electrons. The number of Topliss-reactive ketones (excluding diaryl/α,β-unsaturated/α-hetero) is 1. The molecule has 0 amide bonds. The van der Waals surface area contributed by atoms with Crippen LogP contribution in [-0.4, -0.2) is 10.8 Å². The zero-order valence-electron chi connectivity index (χ0n) is 8.65. The van der Waals surface area contributed by atoms with Crippen molar-refractivity contribution >= 4 is 17.1 Å².